The first kappa shape index (κ1) is 37.8. The van der Waals surface area contributed by atoms with Gasteiger partial charge in [0.05, 0.1) is 34.3 Å². The summed E-state index contributed by atoms with van der Waals surface area (Å²) in [4.78, 5) is 17.6. The van der Waals surface area contributed by atoms with Crippen molar-refractivity contribution in [3.8, 4) is 12.1 Å². The predicted octanol–water partition coefficient (Wildman–Crippen LogP) is 8.51. The van der Waals surface area contributed by atoms with Crippen molar-refractivity contribution in [2.45, 2.75) is 24.6 Å². The largest absolute Gasteiger partial charge is 0.345 e. The van der Waals surface area contributed by atoms with Gasteiger partial charge in [0.2, 0.25) is 0 Å². The smallest absolute Gasteiger partial charge is 0.261 e. The number of H-pyrrole nitrogens is 1. The monoisotopic (exact) mass is 886 g/mol. The summed E-state index contributed by atoms with van der Waals surface area (Å²) in [5.41, 5.74) is 2.54. The highest BCUT2D eigenvalue weighted by molar-refractivity contribution is 14.1. The van der Waals surface area contributed by atoms with Crippen molar-refractivity contribution in [1.29, 1.82) is 10.5 Å². The maximum Gasteiger partial charge on any atom is 0.261 e. The van der Waals surface area contributed by atoms with Crippen LogP contribution in [0.25, 0.3) is 22.1 Å². The van der Waals surface area contributed by atoms with E-state index >= 15 is 0 Å². The first-order valence-electron chi connectivity index (χ1n) is 11.9. The van der Waals surface area contributed by atoms with Crippen LogP contribution in [0.4, 0.5) is 0 Å². The molecule has 6 rings (SSSR count). The number of rotatable bonds is 5. The summed E-state index contributed by atoms with van der Waals surface area (Å²) >= 11 is 5.48. The topological polar surface area (TPSA) is 147 Å². The summed E-state index contributed by atoms with van der Waals surface area (Å²) in [6.07, 6.45) is 6.70. The molecule has 0 saturated heterocycles. The molecule has 2 aromatic carbocycles. The molecule has 0 radical (unpaired) electrons. The number of fused-ring (bicyclic) bond motifs is 2. The van der Waals surface area contributed by atoms with Crippen molar-refractivity contribution in [2.75, 3.05) is 0 Å². The lowest BCUT2D eigenvalue weighted by Gasteiger charge is -2.04. The molecule has 4 heterocycles. The molecule has 0 amide bonds. The van der Waals surface area contributed by atoms with Crippen LogP contribution < -0.4 is 4.99 Å². The Labute approximate surface area is 297 Å². The summed E-state index contributed by atoms with van der Waals surface area (Å²) in [7, 11) is 1.50. The van der Waals surface area contributed by atoms with Gasteiger partial charge in [0, 0.05) is 52.1 Å². The Hall–Kier alpha value is -3.39. The second kappa shape index (κ2) is 17.9. The SMILES string of the molecule is C.C.N#Cc1cnc2[nH]cc(I)c2c1.N#Cc1cnc2c(c1)c(I)cn2OOSc1ccccc1.O=S(=O)(Cl)c1ccccc1. The number of nitrogens with zero attached hydrogens (tertiary/aromatic N) is 5. The summed E-state index contributed by atoms with van der Waals surface area (Å²) in [5, 5.41) is 19.4. The van der Waals surface area contributed by atoms with E-state index in [-0.39, 0.29) is 19.7 Å². The van der Waals surface area contributed by atoms with Crippen molar-refractivity contribution in [1.82, 2.24) is 19.7 Å². The Kier molecular flexibility index (Phi) is 15.1. The molecule has 45 heavy (non-hydrogen) atoms. The first-order valence-corrected chi connectivity index (χ1v) is 17.1. The maximum atomic E-state index is 10.6. The van der Waals surface area contributed by atoms with Crippen molar-refractivity contribution in [3.05, 3.63) is 116 Å². The van der Waals surface area contributed by atoms with E-state index in [2.05, 4.69) is 72.3 Å². The summed E-state index contributed by atoms with van der Waals surface area (Å²) in [5.74, 6) is 0. The predicted molar refractivity (Wildman–Crippen MR) is 194 cm³/mol. The van der Waals surface area contributed by atoms with E-state index in [1.807, 2.05) is 42.6 Å². The second-order valence-electron chi connectivity index (χ2n) is 8.17. The van der Waals surface area contributed by atoms with Gasteiger partial charge in [-0.2, -0.15) is 10.5 Å². The van der Waals surface area contributed by atoms with Crippen molar-refractivity contribution in [2.24, 2.45) is 0 Å². The van der Waals surface area contributed by atoms with E-state index in [0.717, 1.165) is 40.5 Å². The fourth-order valence-corrected chi connectivity index (χ4v) is 5.79. The van der Waals surface area contributed by atoms with Crippen molar-refractivity contribution in [3.63, 3.8) is 0 Å². The van der Waals surface area contributed by atoms with Crippen LogP contribution in [0.3, 0.4) is 0 Å². The van der Waals surface area contributed by atoms with Crippen LogP contribution in [0.2, 0.25) is 0 Å². The summed E-state index contributed by atoms with van der Waals surface area (Å²) in [6.45, 7) is 0. The lowest BCUT2D eigenvalue weighted by molar-refractivity contribution is -0.188. The summed E-state index contributed by atoms with van der Waals surface area (Å²) < 4.78 is 29.8. The molecule has 0 aliphatic carbocycles. The number of benzene rings is 2. The first-order chi connectivity index (χ1) is 20.7. The van der Waals surface area contributed by atoms with Crippen molar-refractivity contribution < 1.29 is 17.7 Å². The van der Waals surface area contributed by atoms with Gasteiger partial charge >= 0.3 is 0 Å². The highest BCUT2D eigenvalue weighted by atomic mass is 127. The molecular formula is C30H25ClI2N6O4S2. The van der Waals surface area contributed by atoms with Crippen LogP contribution in [0.15, 0.2) is 107 Å². The Morgan fingerprint density at radius 2 is 1.44 bits per heavy atom. The standard InChI is InChI=1S/C14H8IN3O2S.C8H4IN3.C6H5ClO2S.2CH4/c15-13-9-18(14-12(13)6-10(7-16)8-17-14)19-20-21-11-4-2-1-3-5-11;9-7-4-12-8-6(7)1-5(2-10)3-11-8;7-10(8,9)6-4-2-1-3-5-6;;/h1-6,8-9H;1,3-4H,(H,11,12);1-5H;2*1H4. The number of aromatic nitrogens is 4. The molecule has 6 aromatic rings. The van der Waals surface area contributed by atoms with Gasteiger partial charge in [0.15, 0.2) is 5.65 Å². The molecule has 0 bridgehead atoms. The molecule has 0 saturated carbocycles. The number of nitriles is 2. The average molecular weight is 887 g/mol. The van der Waals surface area contributed by atoms with Gasteiger partial charge in [0.1, 0.15) is 17.8 Å². The van der Waals surface area contributed by atoms with Gasteiger partial charge in [-0.1, -0.05) is 55.6 Å². The Balaban J connectivity index is 0.000000251. The Morgan fingerprint density at radius 1 is 0.867 bits per heavy atom. The molecular weight excluding hydrogens is 862 g/mol. The minimum Gasteiger partial charge on any atom is -0.345 e. The molecule has 0 aliphatic rings. The minimum absolute atomic E-state index is 0. The molecule has 4 aromatic heterocycles. The zero-order valence-electron chi connectivity index (χ0n) is 21.6. The Morgan fingerprint density at radius 3 is 2.02 bits per heavy atom. The zero-order chi connectivity index (χ0) is 30.8. The number of hydrogen-bond donors (Lipinski definition) is 1. The van der Waals surface area contributed by atoms with Crippen LogP contribution in [-0.4, -0.2) is 28.1 Å². The molecule has 1 N–H and O–H groups in total. The van der Waals surface area contributed by atoms with E-state index in [0.29, 0.717) is 16.8 Å². The fraction of sp³-hybridized carbons (Fsp3) is 0.0667. The number of hydrogen-bond acceptors (Lipinski definition) is 9. The van der Waals surface area contributed by atoms with Crippen LogP contribution in [0, 0.1) is 29.8 Å². The van der Waals surface area contributed by atoms with Gasteiger partial charge in [0.25, 0.3) is 9.05 Å². The molecule has 10 nitrogen and oxygen atoms in total. The molecule has 0 atom stereocenters. The number of aromatic amines is 1. The van der Waals surface area contributed by atoms with Gasteiger partial charge < -0.3 is 4.98 Å². The Bertz CT molecular complexity index is 2050. The third-order valence-electron chi connectivity index (χ3n) is 5.31. The van der Waals surface area contributed by atoms with Gasteiger partial charge in [-0.05, 0) is 81.6 Å². The van der Waals surface area contributed by atoms with Crippen molar-refractivity contribution >= 4 is 99.0 Å². The van der Waals surface area contributed by atoms with Crippen LogP contribution >= 0.6 is 67.9 Å². The highest BCUT2D eigenvalue weighted by Crippen LogP contribution is 2.23. The third kappa shape index (κ3) is 10.6. The van der Waals surface area contributed by atoms with Gasteiger partial charge in [-0.3, -0.25) is 0 Å². The molecule has 0 unspecified atom stereocenters. The van der Waals surface area contributed by atoms with Crippen LogP contribution in [0.5, 0.6) is 0 Å². The average Bonchev–Trinajstić information content (AvgIpc) is 3.56. The number of pyridine rings is 2. The van der Waals surface area contributed by atoms with Crippen LogP contribution in [0.1, 0.15) is 26.0 Å². The highest BCUT2D eigenvalue weighted by Gasteiger charge is 2.11. The third-order valence-corrected chi connectivity index (χ3v) is 9.03. The van der Waals surface area contributed by atoms with Gasteiger partial charge in [-0.25, -0.2) is 23.4 Å². The lowest BCUT2D eigenvalue weighted by atomic mass is 10.2. The normalized spacial score (nSPS) is 10.1. The van der Waals surface area contributed by atoms with E-state index in [1.165, 1.54) is 23.1 Å². The quantitative estimate of drug-likeness (QED) is 0.0592. The van der Waals surface area contributed by atoms with E-state index < -0.39 is 9.05 Å². The zero-order valence-corrected chi connectivity index (χ0v) is 28.3. The number of halogens is 3. The molecule has 0 spiro atoms. The molecule has 0 aliphatic heterocycles. The van der Waals surface area contributed by atoms with E-state index in [4.69, 9.17) is 30.5 Å². The molecule has 15 heteroatoms. The van der Waals surface area contributed by atoms with Gasteiger partial charge in [-0.15, -0.1) is 4.73 Å². The molecule has 0 fully saturated rings. The second-order valence-corrected chi connectivity index (χ2v) is 13.8. The van der Waals surface area contributed by atoms with E-state index in [9.17, 15) is 8.42 Å². The minimum atomic E-state index is -3.53. The maximum absolute atomic E-state index is 10.6. The van der Waals surface area contributed by atoms with E-state index in [1.54, 1.807) is 36.7 Å². The summed E-state index contributed by atoms with van der Waals surface area (Å²) in [6, 6.07) is 25.2. The van der Waals surface area contributed by atoms with Crippen LogP contribution in [-0.2, 0) is 13.4 Å². The fourth-order valence-electron chi connectivity index (χ4n) is 3.34. The molecule has 232 valence electrons. The lowest BCUT2D eigenvalue weighted by Crippen LogP contribution is -2.07. The number of nitrogens with one attached hydrogen (secondary N) is 1.